The highest BCUT2D eigenvalue weighted by Gasteiger charge is 2.71. The summed E-state index contributed by atoms with van der Waals surface area (Å²) in [6, 6.07) is 13.7. The van der Waals surface area contributed by atoms with E-state index in [9.17, 15) is 19.5 Å². The third-order valence-electron chi connectivity index (χ3n) is 6.69. The first-order valence-corrected chi connectivity index (χ1v) is 10.5. The van der Waals surface area contributed by atoms with Crippen molar-refractivity contribution in [3.63, 3.8) is 0 Å². The minimum atomic E-state index is -1.28. The molecule has 3 heterocycles. The molecule has 0 saturated carbocycles. The van der Waals surface area contributed by atoms with E-state index >= 15 is 0 Å². The summed E-state index contributed by atoms with van der Waals surface area (Å²) in [6.07, 6.45) is 0.454. The van der Waals surface area contributed by atoms with Crippen molar-refractivity contribution in [1.29, 1.82) is 0 Å². The number of rotatable bonds is 2. The summed E-state index contributed by atoms with van der Waals surface area (Å²) in [5, 5.41) is 15.9. The molecule has 0 bridgehead atoms. The number of anilines is 1. The molecule has 7 nitrogen and oxygen atoms in total. The van der Waals surface area contributed by atoms with Crippen molar-refractivity contribution in [2.45, 2.75) is 44.3 Å². The summed E-state index contributed by atoms with van der Waals surface area (Å²) in [5.74, 6) is -2.16. The Labute approximate surface area is 180 Å². The standard InChI is InChI=1S/C24H25N3O4/c1-23(2,3)27-20(29)18-17(12-13-8-10-14(28)11-9-13)26-24(19(18)21(27)30)15-6-4-5-7-16(15)25-22(24)31/h4-11,17-19,26,28H,12H2,1-3H3,(H,25,31). The number of hydrogen-bond donors (Lipinski definition) is 3. The molecule has 2 aromatic rings. The van der Waals surface area contributed by atoms with E-state index in [0.717, 1.165) is 5.56 Å². The van der Waals surface area contributed by atoms with E-state index in [1.165, 1.54) is 4.90 Å². The monoisotopic (exact) mass is 419 g/mol. The number of amides is 3. The van der Waals surface area contributed by atoms with Gasteiger partial charge in [-0.2, -0.15) is 0 Å². The Balaban J connectivity index is 1.64. The Morgan fingerprint density at radius 1 is 1.00 bits per heavy atom. The minimum absolute atomic E-state index is 0.160. The maximum absolute atomic E-state index is 13.7. The van der Waals surface area contributed by atoms with Crippen LogP contribution < -0.4 is 10.6 Å². The van der Waals surface area contributed by atoms with Gasteiger partial charge in [0.2, 0.25) is 17.7 Å². The van der Waals surface area contributed by atoms with E-state index in [-0.39, 0.29) is 23.5 Å². The number of phenols is 1. The fourth-order valence-corrected chi connectivity index (χ4v) is 5.48. The van der Waals surface area contributed by atoms with Crippen molar-refractivity contribution < 1.29 is 19.5 Å². The molecule has 1 spiro atoms. The minimum Gasteiger partial charge on any atom is -0.508 e. The van der Waals surface area contributed by atoms with Crippen LogP contribution in [0.1, 0.15) is 31.9 Å². The average Bonchev–Trinajstić information content (AvgIpc) is 3.28. The van der Waals surface area contributed by atoms with Gasteiger partial charge in [-0.05, 0) is 51.0 Å². The molecule has 0 aromatic heterocycles. The average molecular weight is 419 g/mol. The van der Waals surface area contributed by atoms with Crippen LogP contribution in [0.25, 0.3) is 0 Å². The van der Waals surface area contributed by atoms with Crippen molar-refractivity contribution in [2.75, 3.05) is 5.32 Å². The topological polar surface area (TPSA) is 98.7 Å². The predicted octanol–water partition coefficient (Wildman–Crippen LogP) is 2.15. The Kier molecular flexibility index (Phi) is 4.08. The van der Waals surface area contributed by atoms with Gasteiger partial charge in [0.05, 0.1) is 11.8 Å². The maximum atomic E-state index is 13.7. The fourth-order valence-electron chi connectivity index (χ4n) is 5.48. The summed E-state index contributed by atoms with van der Waals surface area (Å²) in [7, 11) is 0. The van der Waals surface area contributed by atoms with Crippen LogP contribution in [0.5, 0.6) is 5.75 Å². The van der Waals surface area contributed by atoms with Crippen LogP contribution in [0.3, 0.4) is 0 Å². The van der Waals surface area contributed by atoms with Crippen LogP contribution in [0.4, 0.5) is 5.69 Å². The molecule has 0 aliphatic carbocycles. The van der Waals surface area contributed by atoms with Crippen LogP contribution in [0, 0.1) is 11.8 Å². The first-order chi connectivity index (χ1) is 14.6. The van der Waals surface area contributed by atoms with Crippen molar-refractivity contribution in [3.05, 3.63) is 59.7 Å². The molecule has 3 amide bonds. The number of likely N-dealkylation sites (tertiary alicyclic amines) is 1. The van der Waals surface area contributed by atoms with Gasteiger partial charge in [0.25, 0.3) is 0 Å². The van der Waals surface area contributed by atoms with E-state index in [1.54, 1.807) is 24.3 Å². The lowest BCUT2D eigenvalue weighted by Gasteiger charge is -2.34. The van der Waals surface area contributed by atoms with Crippen LogP contribution >= 0.6 is 0 Å². The number of hydrogen-bond acceptors (Lipinski definition) is 5. The molecule has 3 N–H and O–H groups in total. The van der Waals surface area contributed by atoms with Crippen LogP contribution in [0.2, 0.25) is 0 Å². The number of carbonyl (C=O) groups excluding carboxylic acids is 3. The highest BCUT2D eigenvalue weighted by atomic mass is 16.3. The number of para-hydroxylation sites is 1. The lowest BCUT2D eigenvalue weighted by molar-refractivity contribution is -0.147. The summed E-state index contributed by atoms with van der Waals surface area (Å²) in [5.41, 5.74) is 0.318. The molecule has 31 heavy (non-hydrogen) atoms. The zero-order valence-electron chi connectivity index (χ0n) is 17.7. The number of phenolic OH excluding ortho intramolecular Hbond substituents is 1. The molecule has 2 aromatic carbocycles. The Hall–Kier alpha value is -3.19. The van der Waals surface area contributed by atoms with E-state index in [0.29, 0.717) is 17.7 Å². The van der Waals surface area contributed by atoms with E-state index < -0.39 is 29.0 Å². The molecular weight excluding hydrogens is 394 g/mol. The number of fused-ring (bicyclic) bond motifs is 4. The van der Waals surface area contributed by atoms with Gasteiger partial charge >= 0.3 is 0 Å². The van der Waals surface area contributed by atoms with Crippen LogP contribution in [0.15, 0.2) is 48.5 Å². The van der Waals surface area contributed by atoms with Gasteiger partial charge in [0.1, 0.15) is 11.3 Å². The molecule has 5 rings (SSSR count). The molecule has 3 aliphatic heterocycles. The molecule has 160 valence electrons. The van der Waals surface area contributed by atoms with Gasteiger partial charge in [-0.15, -0.1) is 0 Å². The van der Waals surface area contributed by atoms with Gasteiger partial charge in [0.15, 0.2) is 0 Å². The molecule has 3 aliphatic rings. The summed E-state index contributed by atoms with van der Waals surface area (Å²) < 4.78 is 0. The number of nitrogens with zero attached hydrogens (tertiary/aromatic N) is 1. The number of aromatic hydroxyl groups is 1. The van der Waals surface area contributed by atoms with Crippen molar-refractivity contribution >= 4 is 23.4 Å². The molecule has 4 unspecified atom stereocenters. The van der Waals surface area contributed by atoms with Crippen LogP contribution in [-0.2, 0) is 26.3 Å². The van der Waals surface area contributed by atoms with Gasteiger partial charge in [0, 0.05) is 22.8 Å². The third kappa shape index (κ3) is 2.66. The van der Waals surface area contributed by atoms with Gasteiger partial charge < -0.3 is 10.4 Å². The first kappa shape index (κ1) is 19.8. The Morgan fingerprint density at radius 3 is 2.35 bits per heavy atom. The number of benzene rings is 2. The Bertz CT molecular complexity index is 1100. The Morgan fingerprint density at radius 2 is 1.68 bits per heavy atom. The fraction of sp³-hybridized carbons (Fsp3) is 0.375. The van der Waals surface area contributed by atoms with Crippen molar-refractivity contribution in [2.24, 2.45) is 11.8 Å². The summed E-state index contributed by atoms with van der Waals surface area (Å²) in [4.78, 5) is 41.9. The van der Waals surface area contributed by atoms with Gasteiger partial charge in [-0.25, -0.2) is 0 Å². The number of nitrogens with one attached hydrogen (secondary N) is 2. The zero-order valence-corrected chi connectivity index (χ0v) is 17.7. The summed E-state index contributed by atoms with van der Waals surface area (Å²) >= 11 is 0. The second-order valence-corrected chi connectivity index (χ2v) is 9.62. The lowest BCUT2D eigenvalue weighted by Crippen LogP contribution is -2.56. The number of imide groups is 1. The largest absolute Gasteiger partial charge is 0.508 e. The smallest absolute Gasteiger partial charge is 0.250 e. The third-order valence-corrected chi connectivity index (χ3v) is 6.69. The highest BCUT2D eigenvalue weighted by Crippen LogP contribution is 2.54. The van der Waals surface area contributed by atoms with E-state index in [4.69, 9.17) is 0 Å². The highest BCUT2D eigenvalue weighted by molar-refractivity contribution is 6.15. The van der Waals surface area contributed by atoms with Crippen molar-refractivity contribution in [1.82, 2.24) is 10.2 Å². The van der Waals surface area contributed by atoms with E-state index in [1.807, 2.05) is 45.0 Å². The molecule has 2 fully saturated rings. The normalized spacial score (nSPS) is 29.5. The van der Waals surface area contributed by atoms with Crippen molar-refractivity contribution in [3.8, 4) is 5.75 Å². The zero-order chi connectivity index (χ0) is 22.1. The molecule has 7 heteroatoms. The first-order valence-electron chi connectivity index (χ1n) is 10.5. The maximum Gasteiger partial charge on any atom is 0.250 e. The SMILES string of the molecule is CC(C)(C)N1C(=O)C2C(Cc3ccc(O)cc3)NC3(C(=O)Nc4ccccc43)C2C1=O. The van der Waals surface area contributed by atoms with Crippen LogP contribution in [-0.4, -0.2) is 39.3 Å². The predicted molar refractivity (Wildman–Crippen MR) is 114 cm³/mol. The number of carbonyl (C=O) groups is 3. The molecule has 2 saturated heterocycles. The second-order valence-electron chi connectivity index (χ2n) is 9.62. The molecule has 0 radical (unpaired) electrons. The van der Waals surface area contributed by atoms with E-state index in [2.05, 4.69) is 10.6 Å². The second kappa shape index (κ2) is 6.40. The molecule has 4 atom stereocenters. The van der Waals surface area contributed by atoms with Gasteiger partial charge in [-0.3, -0.25) is 24.6 Å². The lowest BCUT2D eigenvalue weighted by atomic mass is 9.76. The van der Waals surface area contributed by atoms with Gasteiger partial charge in [-0.1, -0.05) is 30.3 Å². The molecular formula is C24H25N3O4. The summed E-state index contributed by atoms with van der Waals surface area (Å²) in [6.45, 7) is 5.50. The quantitative estimate of drug-likeness (QED) is 0.648.